The maximum absolute atomic E-state index is 11.6. The van der Waals surface area contributed by atoms with Gasteiger partial charge in [-0.2, -0.15) is 0 Å². The highest BCUT2D eigenvalue weighted by molar-refractivity contribution is 5.90. The topological polar surface area (TPSA) is 69.0 Å². The zero-order chi connectivity index (χ0) is 17.8. The molecular formula is C21H21N4O. The van der Waals surface area contributed by atoms with Gasteiger partial charge in [0.2, 0.25) is 5.91 Å². The van der Waals surface area contributed by atoms with E-state index in [1.165, 1.54) is 0 Å². The monoisotopic (exact) mass is 345 g/mol. The number of carbonyl (C=O) groups excluding carboxylic acids is 1. The molecule has 26 heavy (non-hydrogen) atoms. The minimum absolute atomic E-state index is 0.0730. The molecule has 0 aliphatic carbocycles. The molecule has 4 rings (SSSR count). The molecular weight excluding hydrogens is 324 g/mol. The Hall–Kier alpha value is -2.95. The lowest BCUT2D eigenvalue weighted by Gasteiger charge is -2.12. The van der Waals surface area contributed by atoms with E-state index in [1.54, 1.807) is 0 Å². The van der Waals surface area contributed by atoms with Crippen LogP contribution in [0, 0.1) is 5.92 Å². The molecule has 1 N–H and O–H groups in total. The third-order valence-corrected chi connectivity index (χ3v) is 4.75. The Balaban J connectivity index is 1.52. The van der Waals surface area contributed by atoms with Crippen molar-refractivity contribution >= 4 is 22.6 Å². The molecule has 1 fully saturated rings. The molecule has 1 aliphatic rings. The van der Waals surface area contributed by atoms with Crippen molar-refractivity contribution in [2.75, 3.05) is 18.4 Å². The van der Waals surface area contributed by atoms with Crippen LogP contribution in [0.25, 0.3) is 22.3 Å². The number of amides is 1. The van der Waals surface area contributed by atoms with Gasteiger partial charge in [-0.3, -0.25) is 10.1 Å². The average molecular weight is 345 g/mol. The van der Waals surface area contributed by atoms with Crippen LogP contribution in [0.3, 0.4) is 0 Å². The van der Waals surface area contributed by atoms with Crippen molar-refractivity contribution < 1.29 is 4.79 Å². The van der Waals surface area contributed by atoms with Crippen LogP contribution in [0.15, 0.2) is 54.6 Å². The Morgan fingerprint density at radius 3 is 2.62 bits per heavy atom. The van der Waals surface area contributed by atoms with Crippen molar-refractivity contribution in [2.45, 2.75) is 19.3 Å². The van der Waals surface area contributed by atoms with Crippen LogP contribution in [0.2, 0.25) is 0 Å². The summed E-state index contributed by atoms with van der Waals surface area (Å²) in [6.45, 7) is 1.47. The van der Waals surface area contributed by atoms with E-state index in [0.29, 0.717) is 6.54 Å². The number of hydrogen-bond acceptors (Lipinski definition) is 4. The molecule has 0 spiro atoms. The molecule has 1 radical (unpaired) electrons. The van der Waals surface area contributed by atoms with Gasteiger partial charge in [-0.1, -0.05) is 42.5 Å². The fourth-order valence-electron chi connectivity index (χ4n) is 3.33. The number of para-hydroxylation sites is 1. The van der Waals surface area contributed by atoms with Gasteiger partial charge in [-0.05, 0) is 31.4 Å². The zero-order valence-electron chi connectivity index (χ0n) is 14.6. The van der Waals surface area contributed by atoms with Crippen molar-refractivity contribution in [3.63, 3.8) is 0 Å². The summed E-state index contributed by atoms with van der Waals surface area (Å²) in [4.78, 5) is 21.1. The fraction of sp³-hybridized carbons (Fsp3) is 0.286. The highest BCUT2D eigenvalue weighted by Gasteiger charge is 2.24. The molecule has 0 saturated carbocycles. The molecule has 5 heteroatoms. The number of fused-ring (bicyclic) bond motifs is 1. The summed E-state index contributed by atoms with van der Waals surface area (Å²) in [5.74, 6) is 1.75. The second-order valence-corrected chi connectivity index (χ2v) is 6.55. The van der Waals surface area contributed by atoms with Crippen LogP contribution in [0.4, 0.5) is 5.82 Å². The summed E-state index contributed by atoms with van der Waals surface area (Å²) in [5, 5.41) is 8.42. The molecule has 1 amide bonds. The van der Waals surface area contributed by atoms with Crippen LogP contribution in [0.1, 0.15) is 19.3 Å². The molecule has 2 heterocycles. The third-order valence-electron chi connectivity index (χ3n) is 4.75. The van der Waals surface area contributed by atoms with Gasteiger partial charge in [0.05, 0.1) is 5.52 Å². The quantitative estimate of drug-likeness (QED) is 0.693. The van der Waals surface area contributed by atoms with Crippen molar-refractivity contribution in [2.24, 2.45) is 5.92 Å². The SMILES string of the molecule is O=C1[N]CCC1CCCNc1nc(-c2ccccc2)nc2ccccc12. The minimum Gasteiger partial charge on any atom is -0.369 e. The Kier molecular flexibility index (Phi) is 4.78. The lowest BCUT2D eigenvalue weighted by Crippen LogP contribution is -2.14. The first kappa shape index (κ1) is 16.5. The Bertz CT molecular complexity index is 910. The van der Waals surface area contributed by atoms with E-state index in [9.17, 15) is 4.79 Å². The molecule has 3 aromatic rings. The lowest BCUT2D eigenvalue weighted by molar-refractivity contribution is -0.122. The average Bonchev–Trinajstić information content (AvgIpc) is 3.10. The predicted octanol–water partition coefficient (Wildman–Crippen LogP) is 3.64. The van der Waals surface area contributed by atoms with Gasteiger partial charge in [0, 0.05) is 30.0 Å². The predicted molar refractivity (Wildman–Crippen MR) is 103 cm³/mol. The van der Waals surface area contributed by atoms with Gasteiger partial charge in [0.25, 0.3) is 0 Å². The first-order chi connectivity index (χ1) is 12.8. The van der Waals surface area contributed by atoms with Gasteiger partial charge in [-0.25, -0.2) is 9.97 Å². The number of anilines is 1. The first-order valence-electron chi connectivity index (χ1n) is 9.09. The van der Waals surface area contributed by atoms with E-state index in [4.69, 9.17) is 9.97 Å². The van der Waals surface area contributed by atoms with Crippen molar-refractivity contribution in [1.82, 2.24) is 15.3 Å². The van der Waals surface area contributed by atoms with Crippen molar-refractivity contribution in [3.05, 3.63) is 54.6 Å². The standard InChI is InChI=1S/C21H21N4O/c26-21-16(12-14-23-21)9-6-13-22-20-17-10-4-5-11-18(17)24-19(25-20)15-7-2-1-3-8-15/h1-5,7-8,10-11,16H,6,9,12-14H2,(H,22,24,25). The maximum Gasteiger partial charge on any atom is 0.244 e. The van der Waals surface area contributed by atoms with Gasteiger partial charge in [-0.15, -0.1) is 0 Å². The molecule has 1 atom stereocenters. The van der Waals surface area contributed by atoms with E-state index in [1.807, 2.05) is 54.6 Å². The summed E-state index contributed by atoms with van der Waals surface area (Å²) in [5.41, 5.74) is 1.92. The van der Waals surface area contributed by atoms with Gasteiger partial charge >= 0.3 is 0 Å². The summed E-state index contributed by atoms with van der Waals surface area (Å²) in [6.07, 6.45) is 2.70. The minimum atomic E-state index is 0.0730. The van der Waals surface area contributed by atoms with E-state index in [0.717, 1.165) is 53.9 Å². The molecule has 1 saturated heterocycles. The normalized spacial score (nSPS) is 16.6. The maximum atomic E-state index is 11.6. The number of nitrogens with zero attached hydrogens (tertiary/aromatic N) is 3. The molecule has 2 aromatic carbocycles. The van der Waals surface area contributed by atoms with Crippen LogP contribution >= 0.6 is 0 Å². The molecule has 5 nitrogen and oxygen atoms in total. The first-order valence-corrected chi connectivity index (χ1v) is 9.09. The van der Waals surface area contributed by atoms with Crippen molar-refractivity contribution in [1.29, 1.82) is 0 Å². The van der Waals surface area contributed by atoms with E-state index in [-0.39, 0.29) is 11.8 Å². The number of benzene rings is 2. The highest BCUT2D eigenvalue weighted by atomic mass is 16.2. The molecule has 1 aliphatic heterocycles. The molecule has 131 valence electrons. The number of rotatable bonds is 6. The third kappa shape index (κ3) is 3.52. The van der Waals surface area contributed by atoms with Crippen molar-refractivity contribution in [3.8, 4) is 11.4 Å². The molecule has 0 bridgehead atoms. The second kappa shape index (κ2) is 7.52. The zero-order valence-corrected chi connectivity index (χ0v) is 14.6. The van der Waals surface area contributed by atoms with Gasteiger partial charge < -0.3 is 5.32 Å². The van der Waals surface area contributed by atoms with Crippen LogP contribution in [-0.4, -0.2) is 29.0 Å². The van der Waals surface area contributed by atoms with Crippen LogP contribution < -0.4 is 10.6 Å². The number of nitrogens with one attached hydrogen (secondary N) is 1. The summed E-state index contributed by atoms with van der Waals surface area (Å²) < 4.78 is 0. The Labute approximate surface area is 152 Å². The van der Waals surface area contributed by atoms with E-state index < -0.39 is 0 Å². The lowest BCUT2D eigenvalue weighted by atomic mass is 10.0. The number of aromatic nitrogens is 2. The number of carbonyl (C=O) groups is 1. The van der Waals surface area contributed by atoms with E-state index in [2.05, 4.69) is 10.6 Å². The summed E-state index contributed by atoms with van der Waals surface area (Å²) in [6, 6.07) is 18.0. The summed E-state index contributed by atoms with van der Waals surface area (Å²) >= 11 is 0. The second-order valence-electron chi connectivity index (χ2n) is 6.55. The van der Waals surface area contributed by atoms with Gasteiger partial charge in [0.15, 0.2) is 5.82 Å². The molecule has 1 unspecified atom stereocenters. The van der Waals surface area contributed by atoms with Gasteiger partial charge in [0.1, 0.15) is 5.82 Å². The fourth-order valence-corrected chi connectivity index (χ4v) is 3.33. The largest absolute Gasteiger partial charge is 0.369 e. The number of hydrogen-bond donors (Lipinski definition) is 1. The van der Waals surface area contributed by atoms with E-state index >= 15 is 0 Å². The smallest absolute Gasteiger partial charge is 0.244 e. The van der Waals surface area contributed by atoms with Crippen LogP contribution in [-0.2, 0) is 4.79 Å². The Morgan fingerprint density at radius 2 is 1.81 bits per heavy atom. The highest BCUT2D eigenvalue weighted by Crippen LogP contribution is 2.25. The summed E-state index contributed by atoms with van der Waals surface area (Å²) in [7, 11) is 0. The van der Waals surface area contributed by atoms with Crippen LogP contribution in [0.5, 0.6) is 0 Å². The molecule has 1 aromatic heterocycles. The Morgan fingerprint density at radius 1 is 1.00 bits per heavy atom.